The van der Waals surface area contributed by atoms with Gasteiger partial charge in [-0.2, -0.15) is 0 Å². The third-order valence-electron chi connectivity index (χ3n) is 7.20. The van der Waals surface area contributed by atoms with E-state index in [9.17, 15) is 0 Å². The van der Waals surface area contributed by atoms with Crippen LogP contribution in [-0.2, 0) is 0 Å². The molecule has 8 rings (SSSR count). The monoisotopic (exact) mass is 462 g/mol. The van der Waals surface area contributed by atoms with E-state index in [2.05, 4.69) is 66.7 Å². The first-order valence-corrected chi connectivity index (χ1v) is 12.1. The predicted molar refractivity (Wildman–Crippen MR) is 145 cm³/mol. The van der Waals surface area contributed by atoms with Gasteiger partial charge in [0.05, 0.1) is 0 Å². The van der Waals surface area contributed by atoms with Gasteiger partial charge in [-0.3, -0.25) is 0 Å². The number of rotatable bonds is 2. The molecule has 0 N–H and O–H groups in total. The fourth-order valence-electron chi connectivity index (χ4n) is 5.53. The second-order valence-electron chi connectivity index (χ2n) is 9.33. The van der Waals surface area contributed by atoms with Gasteiger partial charge >= 0.3 is 0 Å². The zero-order valence-corrected chi connectivity index (χ0v) is 19.3. The van der Waals surface area contributed by atoms with Crippen molar-refractivity contribution >= 4 is 34.1 Å². The number of benzene rings is 5. The highest BCUT2D eigenvalue weighted by Gasteiger charge is 2.40. The summed E-state index contributed by atoms with van der Waals surface area (Å²) in [7, 11) is 0. The summed E-state index contributed by atoms with van der Waals surface area (Å²) in [6.07, 6.45) is 0. The van der Waals surface area contributed by atoms with E-state index >= 15 is 0 Å². The Hall–Kier alpha value is -4.70. The molecule has 0 unspecified atom stereocenters. The lowest BCUT2D eigenvalue weighted by Gasteiger charge is -2.33. The number of fused-ring (bicyclic) bond motifs is 5. The Balaban J connectivity index is 1.29. The third kappa shape index (κ3) is 2.88. The van der Waals surface area contributed by atoms with Crippen molar-refractivity contribution in [3.05, 3.63) is 115 Å². The van der Waals surface area contributed by atoms with Gasteiger partial charge in [0.2, 0.25) is 0 Å². The molecule has 5 aromatic carbocycles. The van der Waals surface area contributed by atoms with E-state index in [1.54, 1.807) is 0 Å². The molecular weight excluding hydrogens is 443 g/mol. The summed E-state index contributed by atoms with van der Waals surface area (Å²) in [6, 6.07) is 39.5. The average molecular weight is 462 g/mol. The van der Waals surface area contributed by atoms with Crippen LogP contribution in [0.1, 0.15) is 0 Å². The quantitative estimate of drug-likeness (QED) is 0.275. The van der Waals surface area contributed by atoms with Crippen LogP contribution in [0.4, 0.5) is 0 Å². The number of ether oxygens (including phenoxy) is 2. The van der Waals surface area contributed by atoms with Crippen LogP contribution < -0.4 is 25.9 Å². The van der Waals surface area contributed by atoms with E-state index in [4.69, 9.17) is 13.9 Å². The number of hydrogen-bond donors (Lipinski definition) is 0. The molecule has 0 saturated carbocycles. The SMILES string of the molecule is c1ccc(-c2cc3cc(-c4cc5c6c(c4)Oc4ccccc4B6c4ccccc4O5)ccc3o2)cc1. The largest absolute Gasteiger partial charge is 0.458 e. The molecule has 0 saturated heterocycles. The molecular formula is C32H19BO3. The summed E-state index contributed by atoms with van der Waals surface area (Å²) < 4.78 is 19.0. The first-order valence-electron chi connectivity index (χ1n) is 12.1. The second kappa shape index (κ2) is 7.40. The van der Waals surface area contributed by atoms with Crippen molar-refractivity contribution < 1.29 is 13.9 Å². The minimum Gasteiger partial charge on any atom is -0.458 e. The zero-order valence-electron chi connectivity index (χ0n) is 19.3. The molecule has 36 heavy (non-hydrogen) atoms. The summed E-state index contributed by atoms with van der Waals surface area (Å²) in [5, 5.41) is 1.06. The van der Waals surface area contributed by atoms with Gasteiger partial charge < -0.3 is 13.9 Å². The Labute approximate surface area is 208 Å². The van der Waals surface area contributed by atoms with Crippen LogP contribution in [-0.4, -0.2) is 6.71 Å². The normalized spacial score (nSPS) is 12.8. The lowest BCUT2D eigenvalue weighted by atomic mass is 9.35. The van der Waals surface area contributed by atoms with Crippen LogP contribution in [0, 0.1) is 0 Å². The van der Waals surface area contributed by atoms with Crippen LogP contribution in [0.25, 0.3) is 33.4 Å². The van der Waals surface area contributed by atoms with E-state index in [-0.39, 0.29) is 6.71 Å². The Kier molecular flexibility index (Phi) is 4.03. The topological polar surface area (TPSA) is 31.6 Å². The molecule has 3 heterocycles. The zero-order chi connectivity index (χ0) is 23.6. The maximum atomic E-state index is 6.45. The van der Waals surface area contributed by atoms with Gasteiger partial charge in [0, 0.05) is 16.4 Å². The van der Waals surface area contributed by atoms with E-state index in [1.807, 2.05) is 48.5 Å². The van der Waals surface area contributed by atoms with Crippen LogP contribution >= 0.6 is 0 Å². The highest BCUT2D eigenvalue weighted by Crippen LogP contribution is 2.39. The molecule has 3 nitrogen and oxygen atoms in total. The molecule has 0 bridgehead atoms. The van der Waals surface area contributed by atoms with Crippen molar-refractivity contribution in [3.63, 3.8) is 0 Å². The van der Waals surface area contributed by atoms with E-state index in [0.29, 0.717) is 0 Å². The van der Waals surface area contributed by atoms with Crippen molar-refractivity contribution in [3.8, 4) is 45.4 Å². The van der Waals surface area contributed by atoms with Crippen molar-refractivity contribution in [2.75, 3.05) is 0 Å². The smallest absolute Gasteiger partial charge is 0.260 e. The molecule has 0 aliphatic carbocycles. The van der Waals surface area contributed by atoms with Gasteiger partial charge in [-0.1, -0.05) is 72.8 Å². The average Bonchev–Trinajstić information content (AvgIpc) is 3.37. The molecule has 168 valence electrons. The van der Waals surface area contributed by atoms with Gasteiger partial charge in [-0.15, -0.1) is 0 Å². The van der Waals surface area contributed by atoms with Crippen molar-refractivity contribution in [2.24, 2.45) is 0 Å². The summed E-state index contributed by atoms with van der Waals surface area (Å²) in [5.41, 5.74) is 7.50. The maximum Gasteiger partial charge on any atom is 0.260 e. The van der Waals surface area contributed by atoms with Crippen molar-refractivity contribution in [1.29, 1.82) is 0 Å². The number of hydrogen-bond acceptors (Lipinski definition) is 3. The van der Waals surface area contributed by atoms with Gasteiger partial charge in [-0.05, 0) is 64.5 Å². The van der Waals surface area contributed by atoms with Gasteiger partial charge in [0.15, 0.2) is 0 Å². The standard InChI is InChI=1S/C32H19BO3/c1-2-8-20(9-3-1)29-19-23-16-21(14-15-26(23)34-29)22-17-30-32-31(18-22)36-28-13-7-5-11-25(28)33(32)24-10-4-6-12-27(24)35-30/h1-19H. The van der Waals surface area contributed by atoms with E-state index in [0.717, 1.165) is 61.9 Å². The minimum absolute atomic E-state index is 0.0868. The molecule has 0 radical (unpaired) electrons. The maximum absolute atomic E-state index is 6.45. The van der Waals surface area contributed by atoms with Crippen molar-refractivity contribution in [2.45, 2.75) is 0 Å². The first-order chi connectivity index (χ1) is 17.8. The van der Waals surface area contributed by atoms with Crippen molar-refractivity contribution in [1.82, 2.24) is 0 Å². The molecule has 2 aliphatic heterocycles. The van der Waals surface area contributed by atoms with Crippen LogP contribution in [0.3, 0.4) is 0 Å². The summed E-state index contributed by atoms with van der Waals surface area (Å²) in [5.74, 6) is 4.35. The Morgan fingerprint density at radius 2 is 1.11 bits per heavy atom. The summed E-state index contributed by atoms with van der Waals surface area (Å²) in [6.45, 7) is 0.0868. The van der Waals surface area contributed by atoms with Crippen LogP contribution in [0.5, 0.6) is 23.0 Å². The van der Waals surface area contributed by atoms with E-state index < -0.39 is 0 Å². The molecule has 1 aromatic heterocycles. The lowest BCUT2D eigenvalue weighted by molar-refractivity contribution is 0.465. The van der Waals surface area contributed by atoms with Gasteiger partial charge in [0.1, 0.15) is 34.3 Å². The van der Waals surface area contributed by atoms with Crippen LogP contribution in [0.15, 0.2) is 120 Å². The first kappa shape index (κ1) is 19.6. The molecule has 0 amide bonds. The fourth-order valence-corrected chi connectivity index (χ4v) is 5.53. The summed E-state index contributed by atoms with van der Waals surface area (Å²) >= 11 is 0. The minimum atomic E-state index is 0.0868. The Bertz CT molecular complexity index is 1730. The Morgan fingerprint density at radius 1 is 0.472 bits per heavy atom. The fraction of sp³-hybridized carbons (Fsp3) is 0. The molecule has 0 atom stereocenters. The van der Waals surface area contributed by atoms with Gasteiger partial charge in [-0.25, -0.2) is 0 Å². The molecule has 0 spiro atoms. The van der Waals surface area contributed by atoms with Crippen LogP contribution in [0.2, 0.25) is 0 Å². The highest BCUT2D eigenvalue weighted by molar-refractivity contribution is 6.98. The third-order valence-corrected chi connectivity index (χ3v) is 7.20. The molecule has 6 aromatic rings. The number of para-hydroxylation sites is 2. The van der Waals surface area contributed by atoms with E-state index in [1.165, 1.54) is 10.9 Å². The molecule has 4 heteroatoms. The second-order valence-corrected chi connectivity index (χ2v) is 9.33. The molecule has 2 aliphatic rings. The predicted octanol–water partition coefficient (Wildman–Crippen LogP) is 6.49. The lowest BCUT2D eigenvalue weighted by Crippen LogP contribution is -2.57. The highest BCUT2D eigenvalue weighted by atomic mass is 16.5. The summed E-state index contributed by atoms with van der Waals surface area (Å²) in [4.78, 5) is 0. The Morgan fingerprint density at radius 3 is 1.81 bits per heavy atom. The number of furan rings is 1. The van der Waals surface area contributed by atoms with Gasteiger partial charge in [0.25, 0.3) is 6.71 Å². The molecule has 0 fully saturated rings.